The number of aryl methyl sites for hydroxylation is 1. The molecule has 0 bridgehead atoms. The van der Waals surface area contributed by atoms with Crippen molar-refractivity contribution in [2.75, 3.05) is 7.11 Å². The fourth-order valence-corrected chi connectivity index (χ4v) is 3.62. The first kappa shape index (κ1) is 16.6. The molecule has 0 aliphatic heterocycles. The molecule has 1 saturated carbocycles. The fraction of sp³-hybridized carbons (Fsp3) is 0.381. The first-order valence-corrected chi connectivity index (χ1v) is 8.69. The first-order chi connectivity index (χ1) is 11.7. The number of ether oxygens (including phenoxy) is 1. The van der Waals surface area contributed by atoms with Crippen LogP contribution in [-0.4, -0.2) is 13.0 Å². The Hall–Kier alpha value is -2.29. The second-order valence-corrected chi connectivity index (χ2v) is 6.58. The van der Waals surface area contributed by atoms with Crippen molar-refractivity contribution in [2.45, 2.75) is 38.6 Å². The number of nitrogens with one attached hydrogen (secondary N) is 1. The number of rotatable bonds is 5. The zero-order chi connectivity index (χ0) is 16.9. The smallest absolute Gasteiger partial charge is 0.252 e. The maximum Gasteiger partial charge on any atom is 0.252 e. The number of carbonyl (C=O) groups is 1. The van der Waals surface area contributed by atoms with Crippen LogP contribution in [0.1, 0.15) is 53.2 Å². The lowest BCUT2D eigenvalue weighted by Gasteiger charge is -2.26. The Morgan fingerprint density at radius 3 is 2.38 bits per heavy atom. The van der Waals surface area contributed by atoms with Crippen molar-refractivity contribution in [3.05, 3.63) is 65.2 Å². The van der Waals surface area contributed by atoms with Gasteiger partial charge in [0.25, 0.3) is 5.91 Å². The molecule has 3 nitrogen and oxygen atoms in total. The van der Waals surface area contributed by atoms with Crippen LogP contribution in [0, 0.1) is 12.8 Å². The molecule has 3 rings (SSSR count). The Labute approximate surface area is 144 Å². The Morgan fingerprint density at radius 1 is 1.08 bits per heavy atom. The Bertz CT molecular complexity index is 687. The van der Waals surface area contributed by atoms with Crippen LogP contribution in [0.4, 0.5) is 0 Å². The van der Waals surface area contributed by atoms with E-state index >= 15 is 0 Å². The summed E-state index contributed by atoms with van der Waals surface area (Å²) < 4.78 is 5.25. The molecule has 1 amide bonds. The van der Waals surface area contributed by atoms with Crippen molar-refractivity contribution in [1.29, 1.82) is 0 Å². The Morgan fingerprint density at radius 2 is 1.75 bits per heavy atom. The number of benzene rings is 2. The molecule has 0 aromatic heterocycles. The minimum absolute atomic E-state index is 0.0146. The van der Waals surface area contributed by atoms with Crippen LogP contribution >= 0.6 is 0 Å². The van der Waals surface area contributed by atoms with E-state index in [1.54, 1.807) is 7.11 Å². The molecule has 1 fully saturated rings. The molecule has 1 unspecified atom stereocenters. The predicted octanol–water partition coefficient (Wildman–Crippen LogP) is 4.66. The van der Waals surface area contributed by atoms with Gasteiger partial charge in [-0.3, -0.25) is 4.79 Å². The van der Waals surface area contributed by atoms with Crippen LogP contribution in [-0.2, 0) is 0 Å². The Kier molecular flexibility index (Phi) is 5.19. The highest BCUT2D eigenvalue weighted by Crippen LogP contribution is 2.36. The van der Waals surface area contributed by atoms with E-state index in [1.165, 1.54) is 25.7 Å². The summed E-state index contributed by atoms with van der Waals surface area (Å²) >= 11 is 0. The van der Waals surface area contributed by atoms with Gasteiger partial charge in [0.15, 0.2) is 0 Å². The molecule has 0 heterocycles. The van der Waals surface area contributed by atoms with Gasteiger partial charge in [-0.2, -0.15) is 0 Å². The SMILES string of the molecule is COc1ccc(C(NC(=O)c2ccccc2C)C2CCCC2)cc1. The summed E-state index contributed by atoms with van der Waals surface area (Å²) in [6.07, 6.45) is 4.84. The molecular formula is C21H25NO2. The zero-order valence-electron chi connectivity index (χ0n) is 14.4. The molecule has 0 saturated heterocycles. The van der Waals surface area contributed by atoms with Gasteiger partial charge in [0.2, 0.25) is 0 Å². The summed E-state index contributed by atoms with van der Waals surface area (Å²) in [7, 11) is 1.67. The van der Waals surface area contributed by atoms with Crippen molar-refractivity contribution in [3.8, 4) is 5.75 Å². The highest BCUT2D eigenvalue weighted by atomic mass is 16.5. The summed E-state index contributed by atoms with van der Waals surface area (Å²) in [5.41, 5.74) is 2.92. The van der Waals surface area contributed by atoms with Crippen LogP contribution in [0.25, 0.3) is 0 Å². The van der Waals surface area contributed by atoms with E-state index in [-0.39, 0.29) is 11.9 Å². The van der Waals surface area contributed by atoms with Gasteiger partial charge in [-0.1, -0.05) is 43.2 Å². The van der Waals surface area contributed by atoms with Crippen LogP contribution in [0.5, 0.6) is 5.75 Å². The lowest BCUT2D eigenvalue weighted by molar-refractivity contribution is 0.0921. The van der Waals surface area contributed by atoms with Crippen molar-refractivity contribution >= 4 is 5.91 Å². The summed E-state index contributed by atoms with van der Waals surface area (Å²) in [5.74, 6) is 1.36. The maximum atomic E-state index is 12.8. The zero-order valence-corrected chi connectivity index (χ0v) is 14.4. The molecule has 3 heteroatoms. The van der Waals surface area contributed by atoms with Crippen LogP contribution < -0.4 is 10.1 Å². The lowest BCUT2D eigenvalue weighted by Crippen LogP contribution is -2.33. The monoisotopic (exact) mass is 323 g/mol. The number of hydrogen-bond acceptors (Lipinski definition) is 2. The number of amides is 1. The third-order valence-corrected chi connectivity index (χ3v) is 5.02. The minimum Gasteiger partial charge on any atom is -0.497 e. The van der Waals surface area contributed by atoms with Gasteiger partial charge in [-0.25, -0.2) is 0 Å². The Balaban J connectivity index is 1.84. The molecule has 1 atom stereocenters. The molecule has 1 aliphatic rings. The average Bonchev–Trinajstić information content (AvgIpc) is 3.14. The highest BCUT2D eigenvalue weighted by molar-refractivity contribution is 5.95. The quantitative estimate of drug-likeness (QED) is 0.868. The molecule has 1 N–H and O–H groups in total. The van der Waals surface area contributed by atoms with E-state index in [0.29, 0.717) is 5.92 Å². The van der Waals surface area contributed by atoms with Gasteiger partial charge < -0.3 is 10.1 Å². The topological polar surface area (TPSA) is 38.3 Å². The second-order valence-electron chi connectivity index (χ2n) is 6.58. The summed E-state index contributed by atoms with van der Waals surface area (Å²) in [4.78, 5) is 12.8. The van der Waals surface area contributed by atoms with Gasteiger partial charge in [-0.05, 0) is 55.0 Å². The van der Waals surface area contributed by atoms with E-state index in [9.17, 15) is 4.79 Å². The van der Waals surface area contributed by atoms with Crippen LogP contribution in [0.3, 0.4) is 0 Å². The summed E-state index contributed by atoms with van der Waals surface area (Å²) in [5, 5.41) is 3.29. The van der Waals surface area contributed by atoms with Crippen molar-refractivity contribution in [2.24, 2.45) is 5.92 Å². The number of methoxy groups -OCH3 is 1. The number of hydrogen-bond donors (Lipinski definition) is 1. The van der Waals surface area contributed by atoms with E-state index < -0.39 is 0 Å². The normalized spacial score (nSPS) is 15.9. The van der Waals surface area contributed by atoms with Gasteiger partial charge in [0.05, 0.1) is 13.2 Å². The van der Waals surface area contributed by atoms with Gasteiger partial charge in [0, 0.05) is 5.56 Å². The molecular weight excluding hydrogens is 298 g/mol. The van der Waals surface area contributed by atoms with Crippen molar-refractivity contribution in [3.63, 3.8) is 0 Å². The molecule has 24 heavy (non-hydrogen) atoms. The van der Waals surface area contributed by atoms with Crippen molar-refractivity contribution in [1.82, 2.24) is 5.32 Å². The molecule has 0 radical (unpaired) electrons. The van der Waals surface area contributed by atoms with E-state index in [1.807, 2.05) is 43.3 Å². The second kappa shape index (κ2) is 7.52. The van der Waals surface area contributed by atoms with E-state index in [2.05, 4.69) is 17.4 Å². The lowest BCUT2D eigenvalue weighted by atomic mass is 9.91. The van der Waals surface area contributed by atoms with Gasteiger partial charge >= 0.3 is 0 Å². The summed E-state index contributed by atoms with van der Waals surface area (Å²) in [6.45, 7) is 1.98. The van der Waals surface area contributed by atoms with E-state index in [4.69, 9.17) is 4.74 Å². The van der Waals surface area contributed by atoms with Gasteiger partial charge in [-0.15, -0.1) is 0 Å². The number of carbonyl (C=O) groups excluding carboxylic acids is 1. The largest absolute Gasteiger partial charge is 0.497 e. The summed E-state index contributed by atoms with van der Waals surface area (Å²) in [6, 6.07) is 15.9. The molecule has 2 aromatic rings. The average molecular weight is 323 g/mol. The standard InChI is InChI=1S/C21H25NO2/c1-15-7-3-6-10-19(15)21(23)22-20(16-8-4-5-9-16)17-11-13-18(24-2)14-12-17/h3,6-7,10-14,16,20H,4-5,8-9H2,1-2H3,(H,22,23). The molecule has 0 spiro atoms. The van der Waals surface area contributed by atoms with Crippen LogP contribution in [0.2, 0.25) is 0 Å². The maximum absolute atomic E-state index is 12.8. The van der Waals surface area contributed by atoms with E-state index in [0.717, 1.165) is 22.4 Å². The van der Waals surface area contributed by atoms with Crippen molar-refractivity contribution < 1.29 is 9.53 Å². The molecule has 2 aromatic carbocycles. The first-order valence-electron chi connectivity index (χ1n) is 8.69. The molecule has 126 valence electrons. The minimum atomic E-state index is 0.0146. The highest BCUT2D eigenvalue weighted by Gasteiger charge is 2.28. The predicted molar refractivity (Wildman–Crippen MR) is 96.3 cm³/mol. The fourth-order valence-electron chi connectivity index (χ4n) is 3.62. The van der Waals surface area contributed by atoms with Crippen LogP contribution in [0.15, 0.2) is 48.5 Å². The third-order valence-electron chi connectivity index (χ3n) is 5.02. The van der Waals surface area contributed by atoms with Gasteiger partial charge in [0.1, 0.15) is 5.75 Å². The molecule has 1 aliphatic carbocycles. The third kappa shape index (κ3) is 3.61.